The van der Waals surface area contributed by atoms with Crippen LogP contribution in [0.5, 0.6) is 5.75 Å². The highest BCUT2D eigenvalue weighted by atomic mass is 16.5. The molecule has 0 saturated heterocycles. The van der Waals surface area contributed by atoms with E-state index in [1.54, 1.807) is 0 Å². The Bertz CT molecular complexity index is 517. The van der Waals surface area contributed by atoms with Gasteiger partial charge < -0.3 is 14.6 Å². The van der Waals surface area contributed by atoms with Crippen LogP contribution in [0.25, 0.3) is 10.8 Å². The van der Waals surface area contributed by atoms with Gasteiger partial charge in [-0.3, -0.25) is 0 Å². The molecule has 0 radical (unpaired) electrons. The fourth-order valence-corrected chi connectivity index (χ4v) is 1.86. The van der Waals surface area contributed by atoms with Crippen LogP contribution in [-0.4, -0.2) is 30.5 Å². The van der Waals surface area contributed by atoms with Gasteiger partial charge in [-0.05, 0) is 25.3 Å². The lowest BCUT2D eigenvalue weighted by Crippen LogP contribution is -2.25. The first-order valence-corrected chi connectivity index (χ1v) is 6.57. The lowest BCUT2D eigenvalue weighted by Gasteiger charge is -2.15. The van der Waals surface area contributed by atoms with Crippen LogP contribution >= 0.6 is 0 Å². The summed E-state index contributed by atoms with van der Waals surface area (Å²) in [5.74, 6) is 0.793. The molecule has 2 aromatic rings. The minimum absolute atomic E-state index is 0.118. The van der Waals surface area contributed by atoms with Crippen LogP contribution < -0.4 is 4.74 Å². The SMILES string of the molecule is CC(C)OCC(O)COc1cccc2ccccc12. The fourth-order valence-electron chi connectivity index (χ4n) is 1.86. The van der Waals surface area contributed by atoms with E-state index in [1.165, 1.54) is 0 Å². The summed E-state index contributed by atoms with van der Waals surface area (Å²) in [5.41, 5.74) is 0. The minimum atomic E-state index is -0.610. The molecule has 1 atom stereocenters. The molecule has 0 aromatic heterocycles. The lowest BCUT2D eigenvalue weighted by atomic mass is 10.1. The average molecular weight is 260 g/mol. The van der Waals surface area contributed by atoms with Gasteiger partial charge >= 0.3 is 0 Å². The molecular weight excluding hydrogens is 240 g/mol. The van der Waals surface area contributed by atoms with Crippen molar-refractivity contribution >= 4 is 10.8 Å². The smallest absolute Gasteiger partial charge is 0.127 e. The summed E-state index contributed by atoms with van der Waals surface area (Å²) in [5, 5.41) is 12.0. The Morgan fingerprint density at radius 1 is 1.00 bits per heavy atom. The molecule has 1 unspecified atom stereocenters. The molecule has 0 bridgehead atoms. The Morgan fingerprint density at radius 2 is 1.74 bits per heavy atom. The van der Waals surface area contributed by atoms with Gasteiger partial charge in [0.25, 0.3) is 0 Å². The molecule has 0 amide bonds. The zero-order valence-electron chi connectivity index (χ0n) is 11.4. The van der Waals surface area contributed by atoms with Crippen molar-refractivity contribution in [2.45, 2.75) is 26.1 Å². The number of aliphatic hydroxyl groups excluding tert-OH is 1. The Balaban J connectivity index is 1.98. The van der Waals surface area contributed by atoms with Gasteiger partial charge in [-0.1, -0.05) is 36.4 Å². The van der Waals surface area contributed by atoms with Crippen molar-refractivity contribution < 1.29 is 14.6 Å². The third-order valence-electron chi connectivity index (χ3n) is 2.80. The van der Waals surface area contributed by atoms with Crippen LogP contribution in [0.3, 0.4) is 0 Å². The zero-order valence-corrected chi connectivity index (χ0v) is 11.4. The van der Waals surface area contributed by atoms with E-state index in [0.29, 0.717) is 6.61 Å². The van der Waals surface area contributed by atoms with Gasteiger partial charge in [0.15, 0.2) is 0 Å². The van der Waals surface area contributed by atoms with Gasteiger partial charge in [-0.25, -0.2) is 0 Å². The molecule has 0 heterocycles. The summed E-state index contributed by atoms with van der Waals surface area (Å²) in [6, 6.07) is 13.9. The van der Waals surface area contributed by atoms with Crippen molar-refractivity contribution in [3.05, 3.63) is 42.5 Å². The minimum Gasteiger partial charge on any atom is -0.490 e. The number of aliphatic hydroxyl groups is 1. The predicted molar refractivity (Wildman–Crippen MR) is 76.5 cm³/mol. The molecule has 19 heavy (non-hydrogen) atoms. The standard InChI is InChI=1S/C16H20O3/c1-12(2)18-10-14(17)11-19-16-9-5-7-13-6-3-4-8-15(13)16/h3-9,12,14,17H,10-11H2,1-2H3. The summed E-state index contributed by atoms with van der Waals surface area (Å²) < 4.78 is 11.0. The Hall–Kier alpha value is -1.58. The predicted octanol–water partition coefficient (Wildman–Crippen LogP) is 3.00. The second kappa shape index (κ2) is 6.55. The van der Waals surface area contributed by atoms with E-state index >= 15 is 0 Å². The molecule has 1 N–H and O–H groups in total. The van der Waals surface area contributed by atoms with E-state index in [4.69, 9.17) is 9.47 Å². The molecule has 3 nitrogen and oxygen atoms in total. The average Bonchev–Trinajstić information content (AvgIpc) is 2.42. The van der Waals surface area contributed by atoms with E-state index in [1.807, 2.05) is 56.3 Å². The van der Waals surface area contributed by atoms with Crippen LogP contribution in [0.2, 0.25) is 0 Å². The summed E-state index contributed by atoms with van der Waals surface area (Å²) in [6.45, 7) is 4.42. The number of hydrogen-bond acceptors (Lipinski definition) is 3. The normalized spacial score (nSPS) is 12.8. The van der Waals surface area contributed by atoms with Crippen LogP contribution in [0.4, 0.5) is 0 Å². The summed E-state index contributed by atoms with van der Waals surface area (Å²) in [7, 11) is 0. The lowest BCUT2D eigenvalue weighted by molar-refractivity contribution is -0.0120. The zero-order chi connectivity index (χ0) is 13.7. The van der Waals surface area contributed by atoms with Crippen molar-refractivity contribution in [3.63, 3.8) is 0 Å². The van der Waals surface area contributed by atoms with Crippen molar-refractivity contribution in [1.82, 2.24) is 0 Å². The van der Waals surface area contributed by atoms with Gasteiger partial charge in [0.2, 0.25) is 0 Å². The summed E-state index contributed by atoms with van der Waals surface area (Å²) in [6.07, 6.45) is -0.492. The summed E-state index contributed by atoms with van der Waals surface area (Å²) >= 11 is 0. The molecule has 0 fully saturated rings. The van der Waals surface area contributed by atoms with Crippen molar-refractivity contribution in [2.75, 3.05) is 13.2 Å². The van der Waals surface area contributed by atoms with Gasteiger partial charge in [0.05, 0.1) is 12.7 Å². The van der Waals surface area contributed by atoms with E-state index in [-0.39, 0.29) is 12.7 Å². The molecule has 0 aliphatic carbocycles. The van der Waals surface area contributed by atoms with E-state index < -0.39 is 6.10 Å². The fraction of sp³-hybridized carbons (Fsp3) is 0.375. The monoisotopic (exact) mass is 260 g/mol. The third-order valence-corrected chi connectivity index (χ3v) is 2.80. The van der Waals surface area contributed by atoms with Crippen molar-refractivity contribution in [3.8, 4) is 5.75 Å². The Labute approximate surface area is 113 Å². The number of benzene rings is 2. The maximum absolute atomic E-state index is 9.78. The molecule has 0 aliphatic heterocycles. The first-order chi connectivity index (χ1) is 9.16. The number of hydrogen-bond donors (Lipinski definition) is 1. The highest BCUT2D eigenvalue weighted by Crippen LogP contribution is 2.25. The van der Waals surface area contributed by atoms with E-state index in [0.717, 1.165) is 16.5 Å². The number of rotatable bonds is 6. The maximum atomic E-state index is 9.78. The first kappa shape index (κ1) is 13.8. The number of ether oxygens (including phenoxy) is 2. The Kier molecular flexibility index (Phi) is 4.77. The molecule has 102 valence electrons. The highest BCUT2D eigenvalue weighted by molar-refractivity contribution is 5.88. The van der Waals surface area contributed by atoms with Gasteiger partial charge in [-0.15, -0.1) is 0 Å². The van der Waals surface area contributed by atoms with Crippen molar-refractivity contribution in [2.24, 2.45) is 0 Å². The molecular formula is C16H20O3. The molecule has 3 heteroatoms. The van der Waals surface area contributed by atoms with Crippen LogP contribution in [0, 0.1) is 0 Å². The van der Waals surface area contributed by atoms with E-state index in [2.05, 4.69) is 0 Å². The van der Waals surface area contributed by atoms with Crippen LogP contribution in [0.15, 0.2) is 42.5 Å². The molecule has 0 spiro atoms. The van der Waals surface area contributed by atoms with Crippen LogP contribution in [-0.2, 0) is 4.74 Å². The van der Waals surface area contributed by atoms with Gasteiger partial charge in [-0.2, -0.15) is 0 Å². The van der Waals surface area contributed by atoms with Gasteiger partial charge in [0, 0.05) is 5.39 Å². The van der Waals surface area contributed by atoms with Crippen molar-refractivity contribution in [1.29, 1.82) is 0 Å². The molecule has 2 rings (SSSR count). The second-order valence-electron chi connectivity index (χ2n) is 4.82. The quantitative estimate of drug-likeness (QED) is 0.867. The first-order valence-electron chi connectivity index (χ1n) is 6.57. The largest absolute Gasteiger partial charge is 0.490 e. The van der Waals surface area contributed by atoms with Gasteiger partial charge in [0.1, 0.15) is 18.5 Å². The third kappa shape index (κ3) is 3.94. The number of fused-ring (bicyclic) bond motifs is 1. The van der Waals surface area contributed by atoms with Crippen LogP contribution in [0.1, 0.15) is 13.8 Å². The Morgan fingerprint density at radius 3 is 2.53 bits per heavy atom. The summed E-state index contributed by atoms with van der Waals surface area (Å²) in [4.78, 5) is 0. The maximum Gasteiger partial charge on any atom is 0.127 e. The highest BCUT2D eigenvalue weighted by Gasteiger charge is 2.08. The molecule has 0 saturated carbocycles. The molecule has 2 aromatic carbocycles. The van der Waals surface area contributed by atoms with E-state index in [9.17, 15) is 5.11 Å². The second-order valence-corrected chi connectivity index (χ2v) is 4.82. The molecule has 0 aliphatic rings. The topological polar surface area (TPSA) is 38.7 Å².